The Hall–Kier alpha value is -2.82. The minimum atomic E-state index is -0.359. The van der Waals surface area contributed by atoms with Gasteiger partial charge in [0.15, 0.2) is 15.8 Å². The van der Waals surface area contributed by atoms with E-state index in [2.05, 4.69) is 20.8 Å². The zero-order valence-corrected chi connectivity index (χ0v) is 19.3. The summed E-state index contributed by atoms with van der Waals surface area (Å²) in [5.41, 5.74) is 1.95. The fourth-order valence-electron chi connectivity index (χ4n) is 2.46. The van der Waals surface area contributed by atoms with Gasteiger partial charge in [-0.1, -0.05) is 40.8 Å². The van der Waals surface area contributed by atoms with Gasteiger partial charge >= 0.3 is 0 Å². The second-order valence-corrected chi connectivity index (χ2v) is 8.81. The Morgan fingerprint density at radius 1 is 1.06 bits per heavy atom. The molecule has 0 fully saturated rings. The van der Waals surface area contributed by atoms with Gasteiger partial charge < -0.3 is 14.8 Å². The fourth-order valence-corrected chi connectivity index (χ4v) is 4.19. The van der Waals surface area contributed by atoms with Gasteiger partial charge in [-0.2, -0.15) is 0 Å². The van der Waals surface area contributed by atoms with Gasteiger partial charge in [-0.25, -0.2) is 0 Å². The van der Waals surface area contributed by atoms with Crippen molar-refractivity contribution in [2.45, 2.75) is 11.3 Å². The predicted molar refractivity (Wildman–Crippen MR) is 123 cm³/mol. The van der Waals surface area contributed by atoms with E-state index in [4.69, 9.17) is 21.1 Å². The van der Waals surface area contributed by atoms with Gasteiger partial charge in [-0.15, -0.1) is 10.2 Å². The smallest absolute Gasteiger partial charge is 0.257 e. The molecule has 0 bridgehead atoms. The molecule has 3 rings (SSSR count). The summed E-state index contributed by atoms with van der Waals surface area (Å²) >= 11 is 8.47. The van der Waals surface area contributed by atoms with Crippen molar-refractivity contribution in [2.24, 2.45) is 0 Å². The minimum absolute atomic E-state index is 0.143. The van der Waals surface area contributed by atoms with Crippen LogP contribution in [0.4, 0.5) is 10.8 Å². The van der Waals surface area contributed by atoms with Crippen molar-refractivity contribution in [3.63, 3.8) is 0 Å². The predicted octanol–water partition coefficient (Wildman–Crippen LogP) is 4.50. The Morgan fingerprint density at radius 2 is 1.84 bits per heavy atom. The van der Waals surface area contributed by atoms with E-state index in [-0.39, 0.29) is 17.6 Å². The molecule has 31 heavy (non-hydrogen) atoms. The maximum absolute atomic E-state index is 12.5. The number of nitrogens with zero attached hydrogens (tertiary/aromatic N) is 2. The highest BCUT2D eigenvalue weighted by molar-refractivity contribution is 8.01. The summed E-state index contributed by atoms with van der Waals surface area (Å²) in [4.78, 5) is 24.6. The van der Waals surface area contributed by atoms with Gasteiger partial charge in [0.05, 0.1) is 20.0 Å². The summed E-state index contributed by atoms with van der Waals surface area (Å²) in [5, 5.41) is 14.3. The maximum Gasteiger partial charge on any atom is 0.257 e. The van der Waals surface area contributed by atoms with Crippen LogP contribution in [-0.4, -0.2) is 42.0 Å². The van der Waals surface area contributed by atoms with Gasteiger partial charge in [-0.3, -0.25) is 14.9 Å². The van der Waals surface area contributed by atoms with Gasteiger partial charge in [0, 0.05) is 16.3 Å². The molecule has 8 nitrogen and oxygen atoms in total. The summed E-state index contributed by atoms with van der Waals surface area (Å²) in [6, 6.07) is 10.2. The molecule has 1 aromatic heterocycles. The quantitative estimate of drug-likeness (QED) is 0.363. The van der Waals surface area contributed by atoms with Crippen molar-refractivity contribution in [3.8, 4) is 11.5 Å². The molecule has 0 aliphatic heterocycles. The van der Waals surface area contributed by atoms with Gasteiger partial charge in [0.25, 0.3) is 5.91 Å². The van der Waals surface area contributed by atoms with Crippen molar-refractivity contribution >= 4 is 57.3 Å². The van der Waals surface area contributed by atoms with Crippen LogP contribution in [0.5, 0.6) is 11.5 Å². The number of aryl methyl sites for hydroxylation is 1. The molecular weight excluding hydrogens is 460 g/mol. The first-order valence-corrected chi connectivity index (χ1v) is 11.1. The molecule has 0 saturated heterocycles. The third-order valence-electron chi connectivity index (χ3n) is 4.05. The normalized spacial score (nSPS) is 10.5. The van der Waals surface area contributed by atoms with Crippen LogP contribution in [0, 0.1) is 6.92 Å². The lowest BCUT2D eigenvalue weighted by atomic mass is 10.2. The first kappa shape index (κ1) is 22.9. The van der Waals surface area contributed by atoms with E-state index in [1.165, 1.54) is 37.3 Å². The number of rotatable bonds is 8. The number of thioether (sulfide) groups is 1. The standard InChI is InChI=1S/C20H19ClN4O4S2/c1-11-4-6-13(9-14(11)21)22-17(26)10-30-20-25-24-19(31-20)23-18(27)12-5-7-15(28-2)16(8-12)29-3/h4-9H,10H2,1-3H3,(H,22,26)(H,23,24,27). The monoisotopic (exact) mass is 478 g/mol. The largest absolute Gasteiger partial charge is 0.493 e. The van der Waals surface area contributed by atoms with Crippen molar-refractivity contribution < 1.29 is 19.1 Å². The lowest BCUT2D eigenvalue weighted by Gasteiger charge is -2.08. The zero-order chi connectivity index (χ0) is 22.4. The van der Waals surface area contributed by atoms with E-state index < -0.39 is 0 Å². The zero-order valence-electron chi connectivity index (χ0n) is 16.9. The number of ether oxygens (including phenoxy) is 2. The lowest BCUT2D eigenvalue weighted by Crippen LogP contribution is -2.13. The highest BCUT2D eigenvalue weighted by Gasteiger charge is 2.14. The van der Waals surface area contributed by atoms with E-state index in [1.54, 1.807) is 30.3 Å². The molecule has 0 saturated carbocycles. The lowest BCUT2D eigenvalue weighted by molar-refractivity contribution is -0.113. The number of hydrogen-bond acceptors (Lipinski definition) is 8. The van der Waals surface area contributed by atoms with Crippen LogP contribution in [0.3, 0.4) is 0 Å². The molecule has 2 amide bonds. The molecule has 0 aliphatic carbocycles. The second-order valence-electron chi connectivity index (χ2n) is 6.20. The fraction of sp³-hybridized carbons (Fsp3) is 0.200. The van der Waals surface area contributed by atoms with E-state index in [0.717, 1.165) is 5.56 Å². The number of anilines is 2. The van der Waals surface area contributed by atoms with Crippen LogP contribution in [0.25, 0.3) is 0 Å². The first-order chi connectivity index (χ1) is 14.9. The minimum Gasteiger partial charge on any atom is -0.493 e. The third kappa shape index (κ3) is 6.09. The highest BCUT2D eigenvalue weighted by Crippen LogP contribution is 2.29. The van der Waals surface area contributed by atoms with Gasteiger partial charge in [-0.05, 0) is 42.8 Å². The van der Waals surface area contributed by atoms with Crippen molar-refractivity contribution in [1.82, 2.24) is 10.2 Å². The SMILES string of the molecule is COc1ccc(C(=O)Nc2nnc(SCC(=O)Nc3ccc(C)c(Cl)c3)s2)cc1OC. The summed E-state index contributed by atoms with van der Waals surface area (Å²) in [5.74, 6) is 0.562. The van der Waals surface area contributed by atoms with E-state index in [9.17, 15) is 9.59 Å². The highest BCUT2D eigenvalue weighted by atomic mass is 35.5. The van der Waals surface area contributed by atoms with Crippen LogP contribution < -0.4 is 20.1 Å². The number of benzene rings is 2. The van der Waals surface area contributed by atoms with E-state index in [1.807, 2.05) is 13.0 Å². The summed E-state index contributed by atoms with van der Waals surface area (Å²) in [6.45, 7) is 1.89. The van der Waals surface area contributed by atoms with Crippen LogP contribution in [0.15, 0.2) is 40.7 Å². The van der Waals surface area contributed by atoms with E-state index in [0.29, 0.717) is 37.2 Å². The summed E-state index contributed by atoms with van der Waals surface area (Å²) < 4.78 is 10.9. The number of carbonyl (C=O) groups excluding carboxylic acids is 2. The van der Waals surface area contributed by atoms with Crippen molar-refractivity contribution in [3.05, 3.63) is 52.5 Å². The van der Waals surface area contributed by atoms with Crippen molar-refractivity contribution in [2.75, 3.05) is 30.6 Å². The van der Waals surface area contributed by atoms with Gasteiger partial charge in [0.2, 0.25) is 11.0 Å². The number of nitrogens with one attached hydrogen (secondary N) is 2. The molecule has 0 radical (unpaired) electrons. The number of methoxy groups -OCH3 is 2. The van der Waals surface area contributed by atoms with Crippen molar-refractivity contribution in [1.29, 1.82) is 0 Å². The molecule has 0 spiro atoms. The molecule has 2 aromatic carbocycles. The summed E-state index contributed by atoms with van der Waals surface area (Å²) in [6.07, 6.45) is 0. The summed E-state index contributed by atoms with van der Waals surface area (Å²) in [7, 11) is 3.02. The Labute approximate surface area is 192 Å². The van der Waals surface area contributed by atoms with E-state index >= 15 is 0 Å². The van der Waals surface area contributed by atoms with Crippen LogP contribution in [-0.2, 0) is 4.79 Å². The third-order valence-corrected chi connectivity index (χ3v) is 6.43. The molecule has 162 valence electrons. The number of carbonyl (C=O) groups is 2. The van der Waals surface area contributed by atoms with Crippen LogP contribution in [0.2, 0.25) is 5.02 Å². The molecular formula is C20H19ClN4O4S2. The number of hydrogen-bond donors (Lipinski definition) is 2. The molecule has 1 heterocycles. The molecule has 2 N–H and O–H groups in total. The topological polar surface area (TPSA) is 102 Å². The Kier molecular flexibility index (Phi) is 7.72. The average Bonchev–Trinajstić information content (AvgIpc) is 3.21. The van der Waals surface area contributed by atoms with Crippen LogP contribution in [0.1, 0.15) is 15.9 Å². The number of aromatic nitrogens is 2. The molecule has 0 unspecified atom stereocenters. The number of amides is 2. The average molecular weight is 479 g/mol. The van der Waals surface area contributed by atoms with Gasteiger partial charge in [0.1, 0.15) is 0 Å². The second kappa shape index (κ2) is 10.5. The maximum atomic E-state index is 12.5. The molecule has 11 heteroatoms. The van der Waals surface area contributed by atoms with Crippen LogP contribution >= 0.6 is 34.7 Å². The Balaban J connectivity index is 1.54. The number of halogens is 1. The first-order valence-electron chi connectivity index (χ1n) is 8.95. The molecule has 3 aromatic rings. The molecule has 0 atom stereocenters. The Bertz CT molecular complexity index is 1110. The molecule has 0 aliphatic rings. The Morgan fingerprint density at radius 3 is 2.55 bits per heavy atom.